The van der Waals surface area contributed by atoms with Crippen molar-refractivity contribution in [1.82, 2.24) is 4.98 Å². The molecule has 0 atom stereocenters. The fraction of sp³-hybridized carbons (Fsp3) is 0.0690. The number of para-hydroxylation sites is 1. The Hall–Kier alpha value is -4.71. The van der Waals surface area contributed by atoms with Crippen molar-refractivity contribution in [3.63, 3.8) is 0 Å². The molecule has 0 aliphatic carbocycles. The van der Waals surface area contributed by atoms with Gasteiger partial charge >= 0.3 is 11.9 Å². The molecule has 2 heterocycles. The van der Waals surface area contributed by atoms with Crippen LogP contribution in [0.15, 0.2) is 78.9 Å². The van der Waals surface area contributed by atoms with Crippen molar-refractivity contribution in [3.8, 4) is 22.6 Å². The molecule has 0 amide bonds. The molecule has 1 N–H and O–H groups in total. The number of phenols is 1. The predicted molar refractivity (Wildman–Crippen MR) is 132 cm³/mol. The van der Waals surface area contributed by atoms with Gasteiger partial charge in [-0.05, 0) is 48.4 Å². The van der Waals surface area contributed by atoms with E-state index < -0.39 is 11.9 Å². The second-order valence-electron chi connectivity index (χ2n) is 8.48. The third-order valence-electron chi connectivity index (χ3n) is 6.22. The van der Waals surface area contributed by atoms with E-state index in [-0.39, 0.29) is 18.1 Å². The zero-order valence-corrected chi connectivity index (χ0v) is 18.7. The number of aromatic nitrogens is 1. The lowest BCUT2D eigenvalue weighted by molar-refractivity contribution is 0.0472. The molecule has 4 aromatic carbocycles. The summed E-state index contributed by atoms with van der Waals surface area (Å²) < 4.78 is 11.4. The minimum Gasteiger partial charge on any atom is -0.507 e. The van der Waals surface area contributed by atoms with Crippen molar-refractivity contribution in [1.29, 1.82) is 0 Å². The summed E-state index contributed by atoms with van der Waals surface area (Å²) >= 11 is 0. The normalized spacial score (nSPS) is 12.2. The minimum atomic E-state index is -0.540. The number of esters is 2. The average molecular weight is 461 g/mol. The van der Waals surface area contributed by atoms with E-state index in [1.165, 1.54) is 0 Å². The van der Waals surface area contributed by atoms with Gasteiger partial charge in [0.1, 0.15) is 18.1 Å². The van der Waals surface area contributed by atoms with Crippen LogP contribution < -0.4 is 4.74 Å². The first-order chi connectivity index (χ1) is 17.0. The summed E-state index contributed by atoms with van der Waals surface area (Å²) in [5.74, 6) is -0.803. The van der Waals surface area contributed by atoms with Crippen LogP contribution in [0.2, 0.25) is 0 Å². The number of phenolic OH excluding ortho intramolecular Hbond substituents is 1. The summed E-state index contributed by atoms with van der Waals surface area (Å²) in [6.07, 6.45) is 0. The fourth-order valence-electron chi connectivity index (χ4n) is 4.62. The van der Waals surface area contributed by atoms with Crippen molar-refractivity contribution in [2.24, 2.45) is 0 Å². The molecule has 0 saturated carbocycles. The van der Waals surface area contributed by atoms with E-state index >= 15 is 0 Å². The van der Waals surface area contributed by atoms with E-state index in [1.54, 1.807) is 37.3 Å². The van der Waals surface area contributed by atoms with Crippen molar-refractivity contribution < 1.29 is 24.2 Å². The molecular formula is C29H19NO5. The van der Waals surface area contributed by atoms with Gasteiger partial charge in [0.15, 0.2) is 0 Å². The number of rotatable bonds is 3. The maximum absolute atomic E-state index is 13.4. The molecule has 1 aliphatic rings. The minimum absolute atomic E-state index is 0.0374. The van der Waals surface area contributed by atoms with E-state index in [2.05, 4.69) is 0 Å². The lowest BCUT2D eigenvalue weighted by Gasteiger charge is -2.14. The van der Waals surface area contributed by atoms with Crippen LogP contribution in [-0.2, 0) is 11.3 Å². The number of nitrogens with zero attached hydrogens (tertiary/aromatic N) is 1. The molecule has 0 saturated heterocycles. The Morgan fingerprint density at radius 2 is 1.71 bits per heavy atom. The fourth-order valence-corrected chi connectivity index (χ4v) is 4.62. The summed E-state index contributed by atoms with van der Waals surface area (Å²) in [4.78, 5) is 31.0. The zero-order valence-electron chi connectivity index (χ0n) is 18.7. The summed E-state index contributed by atoms with van der Waals surface area (Å²) in [5.41, 5.74) is 4.10. The number of carbonyl (C=O) groups excluding carboxylic acids is 2. The smallest absolute Gasteiger partial charge is 0.344 e. The van der Waals surface area contributed by atoms with Crippen LogP contribution in [0.3, 0.4) is 0 Å². The Morgan fingerprint density at radius 3 is 2.54 bits per heavy atom. The van der Waals surface area contributed by atoms with Gasteiger partial charge in [-0.2, -0.15) is 0 Å². The number of carbonyl (C=O) groups is 2. The third-order valence-corrected chi connectivity index (χ3v) is 6.22. The van der Waals surface area contributed by atoms with Crippen LogP contribution in [0.4, 0.5) is 0 Å². The number of aromatic hydroxyl groups is 1. The molecule has 1 aliphatic heterocycles. The maximum Gasteiger partial charge on any atom is 0.344 e. The van der Waals surface area contributed by atoms with Crippen LogP contribution in [0.1, 0.15) is 31.8 Å². The summed E-state index contributed by atoms with van der Waals surface area (Å²) in [5, 5.41) is 12.1. The second-order valence-corrected chi connectivity index (χ2v) is 8.48. The van der Waals surface area contributed by atoms with Crippen LogP contribution in [0.25, 0.3) is 32.9 Å². The number of ether oxygens (including phenoxy) is 2. The number of pyridine rings is 1. The second kappa shape index (κ2) is 7.95. The lowest BCUT2D eigenvalue weighted by Crippen LogP contribution is -2.11. The van der Waals surface area contributed by atoms with Gasteiger partial charge in [0, 0.05) is 21.9 Å². The first kappa shape index (κ1) is 20.9. The van der Waals surface area contributed by atoms with Crippen molar-refractivity contribution in [2.75, 3.05) is 0 Å². The molecule has 0 fully saturated rings. The first-order valence-electron chi connectivity index (χ1n) is 11.1. The number of fused-ring (bicyclic) bond motifs is 4. The highest BCUT2D eigenvalue weighted by molar-refractivity contribution is 6.21. The molecule has 35 heavy (non-hydrogen) atoms. The predicted octanol–water partition coefficient (Wildman–Crippen LogP) is 5.96. The Balaban J connectivity index is 1.55. The Morgan fingerprint density at radius 1 is 0.943 bits per heavy atom. The number of aryl methyl sites for hydroxylation is 1. The van der Waals surface area contributed by atoms with Gasteiger partial charge in [0.2, 0.25) is 0 Å². The third kappa shape index (κ3) is 3.38. The summed E-state index contributed by atoms with van der Waals surface area (Å²) in [7, 11) is 0. The van der Waals surface area contributed by atoms with Gasteiger partial charge in [-0.25, -0.2) is 14.6 Å². The van der Waals surface area contributed by atoms with Gasteiger partial charge in [-0.15, -0.1) is 0 Å². The van der Waals surface area contributed by atoms with Gasteiger partial charge in [0.25, 0.3) is 0 Å². The SMILES string of the molecule is Cc1cc(C(=O)OCc2ccccc2)cc2c1OC(=O)c1c3ccccc3nc3ccc(O)c-2c13. The van der Waals surface area contributed by atoms with Crippen molar-refractivity contribution in [3.05, 3.63) is 101 Å². The molecular weight excluding hydrogens is 442 g/mol. The maximum atomic E-state index is 13.4. The molecule has 6 nitrogen and oxygen atoms in total. The van der Waals surface area contributed by atoms with Crippen molar-refractivity contribution >= 4 is 33.7 Å². The van der Waals surface area contributed by atoms with Gasteiger partial charge < -0.3 is 14.6 Å². The molecule has 0 radical (unpaired) electrons. The molecule has 6 rings (SSSR count). The van der Waals surface area contributed by atoms with Crippen molar-refractivity contribution in [2.45, 2.75) is 13.5 Å². The first-order valence-corrected chi connectivity index (χ1v) is 11.1. The monoisotopic (exact) mass is 461 g/mol. The number of hydrogen-bond acceptors (Lipinski definition) is 6. The standard InChI is InChI=1S/C29H19NO5/c1-16-13-18(28(32)34-15-17-7-3-2-4-8-17)14-20-24-23(31)12-11-22-26(24)25(29(33)35-27(16)20)19-9-5-6-10-21(19)30-22/h2-14,31H,15H2,1H3. The largest absolute Gasteiger partial charge is 0.507 e. The van der Waals surface area contributed by atoms with Gasteiger partial charge in [-0.3, -0.25) is 0 Å². The van der Waals surface area contributed by atoms with Crippen LogP contribution in [-0.4, -0.2) is 22.0 Å². The van der Waals surface area contributed by atoms with Crippen LogP contribution in [0, 0.1) is 6.92 Å². The number of hydrogen-bond donors (Lipinski definition) is 1. The molecule has 5 aromatic rings. The highest BCUT2D eigenvalue weighted by atomic mass is 16.5. The van der Waals surface area contributed by atoms with Gasteiger partial charge in [0.05, 0.1) is 22.2 Å². The van der Waals surface area contributed by atoms with E-state index in [9.17, 15) is 14.7 Å². The average Bonchev–Trinajstić information content (AvgIpc) is 3.01. The summed E-state index contributed by atoms with van der Waals surface area (Å²) in [6, 6.07) is 23.2. The summed E-state index contributed by atoms with van der Waals surface area (Å²) in [6.45, 7) is 1.88. The van der Waals surface area contributed by atoms with Crippen LogP contribution >= 0.6 is 0 Å². The Kier molecular flexibility index (Phi) is 4.74. The van der Waals surface area contributed by atoms with E-state index in [0.29, 0.717) is 49.6 Å². The van der Waals surface area contributed by atoms with E-state index in [4.69, 9.17) is 14.5 Å². The van der Waals surface area contributed by atoms with E-state index in [1.807, 2.05) is 48.5 Å². The molecule has 0 bridgehead atoms. The van der Waals surface area contributed by atoms with Crippen LogP contribution in [0.5, 0.6) is 11.5 Å². The highest BCUT2D eigenvalue weighted by Crippen LogP contribution is 2.47. The lowest BCUT2D eigenvalue weighted by atomic mass is 9.92. The quantitative estimate of drug-likeness (QED) is 0.203. The molecule has 1 aromatic heterocycles. The molecule has 0 unspecified atom stereocenters. The zero-order chi connectivity index (χ0) is 24.1. The number of benzene rings is 4. The van der Waals surface area contributed by atoms with Gasteiger partial charge in [-0.1, -0.05) is 48.5 Å². The highest BCUT2D eigenvalue weighted by Gasteiger charge is 2.30. The molecule has 0 spiro atoms. The molecule has 6 heteroatoms. The van der Waals surface area contributed by atoms with E-state index in [0.717, 1.165) is 5.56 Å². The Labute approximate surface area is 200 Å². The topological polar surface area (TPSA) is 85.7 Å². The Bertz CT molecular complexity index is 1670. The molecule has 170 valence electrons.